The lowest BCUT2D eigenvalue weighted by molar-refractivity contribution is -0.171. The average Bonchev–Trinajstić information content (AvgIpc) is 3.51. The summed E-state index contributed by atoms with van der Waals surface area (Å²) in [7, 11) is 0. The van der Waals surface area contributed by atoms with E-state index in [9.17, 15) is 27.6 Å². The molecule has 0 N–H and O–H groups in total. The highest BCUT2D eigenvalue weighted by atomic mass is 19.4. The van der Waals surface area contributed by atoms with Gasteiger partial charge in [-0.2, -0.15) is 13.2 Å². The van der Waals surface area contributed by atoms with Crippen molar-refractivity contribution in [2.45, 2.75) is 25.9 Å². The number of imide groups is 1. The highest BCUT2D eigenvalue weighted by Gasteiger charge is 2.67. The van der Waals surface area contributed by atoms with Crippen LogP contribution in [0.1, 0.15) is 18.9 Å². The molecule has 2 saturated carbocycles. The van der Waals surface area contributed by atoms with Crippen LogP contribution in [0.25, 0.3) is 0 Å². The predicted molar refractivity (Wildman–Crippen MR) is 101 cm³/mol. The summed E-state index contributed by atoms with van der Waals surface area (Å²) in [5, 5.41) is 0. The molecule has 1 saturated heterocycles. The van der Waals surface area contributed by atoms with E-state index in [1.165, 1.54) is 12.1 Å². The van der Waals surface area contributed by atoms with Crippen molar-refractivity contribution in [3.63, 3.8) is 0 Å². The highest BCUT2D eigenvalue weighted by Crippen LogP contribution is 2.65. The van der Waals surface area contributed by atoms with Crippen LogP contribution < -0.4 is 4.90 Å². The molecule has 5 nitrogen and oxygen atoms in total. The molecular formula is C22H21F3N2O3. The van der Waals surface area contributed by atoms with Crippen molar-refractivity contribution in [2.24, 2.45) is 35.5 Å². The van der Waals surface area contributed by atoms with E-state index in [0.29, 0.717) is 23.2 Å². The lowest BCUT2D eigenvalue weighted by atomic mass is 9.63. The minimum absolute atomic E-state index is 0.00828. The molecule has 6 atom stereocenters. The normalized spacial score (nSPS) is 33.5. The molecule has 4 aliphatic carbocycles. The van der Waals surface area contributed by atoms with Gasteiger partial charge in [-0.1, -0.05) is 31.2 Å². The van der Waals surface area contributed by atoms with Gasteiger partial charge in [-0.3, -0.25) is 24.2 Å². The molecule has 158 valence electrons. The van der Waals surface area contributed by atoms with Crippen molar-refractivity contribution < 1.29 is 27.6 Å². The standard InChI is InChI=1S/C22H21F3N2O3/c1-2-11-3-5-12(6-4-11)26(21(30)22(23,24)25)10-27-19(28)17-13-7-8-14(16-9-15(13)16)18(17)20(27)29/h3-8,13-18H,2,9-10H2,1H3/t13-,14-,15-,16+,17+,18-/m1/s1. The van der Waals surface area contributed by atoms with Gasteiger partial charge in [-0.15, -0.1) is 0 Å². The van der Waals surface area contributed by atoms with E-state index in [0.717, 1.165) is 16.9 Å². The first-order chi connectivity index (χ1) is 14.2. The summed E-state index contributed by atoms with van der Waals surface area (Å²) in [6, 6.07) is 6.11. The molecule has 5 aliphatic rings. The van der Waals surface area contributed by atoms with Crippen molar-refractivity contribution in [3.8, 4) is 0 Å². The van der Waals surface area contributed by atoms with Crippen molar-refractivity contribution in [1.82, 2.24) is 4.90 Å². The molecular weight excluding hydrogens is 397 g/mol. The average molecular weight is 418 g/mol. The molecule has 6 rings (SSSR count). The Kier molecular flexibility index (Phi) is 4.14. The maximum atomic E-state index is 13.3. The summed E-state index contributed by atoms with van der Waals surface area (Å²) < 4.78 is 39.9. The van der Waals surface area contributed by atoms with Crippen molar-refractivity contribution >= 4 is 23.4 Å². The van der Waals surface area contributed by atoms with Gasteiger partial charge in [0.15, 0.2) is 0 Å². The quantitative estimate of drug-likeness (QED) is 0.558. The zero-order chi connectivity index (χ0) is 21.4. The molecule has 0 spiro atoms. The Morgan fingerprint density at radius 2 is 1.57 bits per heavy atom. The van der Waals surface area contributed by atoms with Gasteiger partial charge in [-0.25, -0.2) is 0 Å². The Morgan fingerprint density at radius 3 is 2.03 bits per heavy atom. The number of amides is 3. The molecule has 2 bridgehead atoms. The van der Waals surface area contributed by atoms with Gasteiger partial charge in [0.2, 0.25) is 11.8 Å². The van der Waals surface area contributed by atoms with E-state index in [4.69, 9.17) is 0 Å². The number of hydrogen-bond acceptors (Lipinski definition) is 3. The number of hydrogen-bond donors (Lipinski definition) is 0. The van der Waals surface area contributed by atoms with E-state index in [1.807, 2.05) is 19.1 Å². The monoisotopic (exact) mass is 418 g/mol. The molecule has 30 heavy (non-hydrogen) atoms. The van der Waals surface area contributed by atoms with Crippen LogP contribution in [0.2, 0.25) is 0 Å². The van der Waals surface area contributed by atoms with Crippen LogP contribution in [0.4, 0.5) is 18.9 Å². The number of aryl methyl sites for hydroxylation is 1. The molecule has 1 aromatic carbocycles. The molecule has 0 aromatic heterocycles. The van der Waals surface area contributed by atoms with Crippen molar-refractivity contribution in [1.29, 1.82) is 0 Å². The minimum Gasteiger partial charge on any atom is -0.286 e. The third-order valence-corrected chi connectivity index (χ3v) is 7.18. The number of nitrogens with zero attached hydrogens (tertiary/aromatic N) is 2. The number of halogens is 3. The first-order valence-corrected chi connectivity index (χ1v) is 10.2. The lowest BCUT2D eigenvalue weighted by Crippen LogP contribution is -2.49. The Morgan fingerprint density at radius 1 is 1.03 bits per heavy atom. The SMILES string of the molecule is CCc1ccc(N(CN2C(=O)[C@@H]3[C@@H]4C=C[C@H]([C@H]5C[C@@H]45)[C@@H]3C2=O)C(=O)C(F)(F)F)cc1. The molecule has 3 amide bonds. The molecule has 1 aromatic rings. The Bertz CT molecular complexity index is 919. The second-order valence-electron chi connectivity index (χ2n) is 8.65. The summed E-state index contributed by atoms with van der Waals surface area (Å²) in [5.74, 6) is -3.29. The number of carbonyl (C=O) groups excluding carboxylic acids is 3. The largest absolute Gasteiger partial charge is 0.471 e. The molecule has 1 aliphatic heterocycles. The topological polar surface area (TPSA) is 57.7 Å². The number of likely N-dealkylation sites (tertiary alicyclic amines) is 1. The van der Waals surface area contributed by atoms with E-state index < -0.39 is 42.4 Å². The predicted octanol–water partition coefficient (Wildman–Crippen LogP) is 3.15. The third kappa shape index (κ3) is 2.72. The van der Waals surface area contributed by atoms with Gasteiger partial charge in [0.05, 0.1) is 11.8 Å². The molecule has 0 radical (unpaired) electrons. The van der Waals surface area contributed by atoms with Crippen LogP contribution in [0.15, 0.2) is 36.4 Å². The fraction of sp³-hybridized carbons (Fsp3) is 0.500. The van der Waals surface area contributed by atoms with Crippen LogP contribution in [0, 0.1) is 35.5 Å². The first kappa shape index (κ1) is 19.3. The Hall–Kier alpha value is -2.64. The van der Waals surface area contributed by atoms with Crippen molar-refractivity contribution in [2.75, 3.05) is 11.6 Å². The Balaban J connectivity index is 1.45. The van der Waals surface area contributed by atoms with E-state index >= 15 is 0 Å². The smallest absolute Gasteiger partial charge is 0.286 e. The summed E-state index contributed by atoms with van der Waals surface area (Å²) in [4.78, 5) is 39.7. The lowest BCUT2D eigenvalue weighted by Gasteiger charge is -2.37. The number of carbonyl (C=O) groups is 3. The van der Waals surface area contributed by atoms with Gasteiger partial charge in [0, 0.05) is 5.69 Å². The van der Waals surface area contributed by atoms with Crippen LogP contribution in [0.3, 0.4) is 0 Å². The fourth-order valence-electron chi connectivity index (χ4n) is 5.63. The van der Waals surface area contributed by atoms with Crippen LogP contribution in [0.5, 0.6) is 0 Å². The van der Waals surface area contributed by atoms with Gasteiger partial charge < -0.3 is 0 Å². The zero-order valence-corrected chi connectivity index (χ0v) is 16.3. The summed E-state index contributed by atoms with van der Waals surface area (Å²) in [6.07, 6.45) is 0.564. The number of alkyl halides is 3. The second kappa shape index (κ2) is 6.43. The second-order valence-corrected chi connectivity index (χ2v) is 8.65. The maximum absolute atomic E-state index is 13.3. The third-order valence-electron chi connectivity index (χ3n) is 7.18. The van der Waals surface area contributed by atoms with Gasteiger partial charge >= 0.3 is 12.1 Å². The van der Waals surface area contributed by atoms with Crippen LogP contribution in [-0.2, 0) is 20.8 Å². The minimum atomic E-state index is -5.12. The van der Waals surface area contributed by atoms with E-state index in [-0.39, 0.29) is 17.5 Å². The summed E-state index contributed by atoms with van der Waals surface area (Å²) in [6.45, 7) is 1.19. The molecule has 8 heteroatoms. The number of anilines is 1. The number of allylic oxidation sites excluding steroid dienone is 2. The van der Waals surface area contributed by atoms with Gasteiger partial charge in [0.1, 0.15) is 6.67 Å². The van der Waals surface area contributed by atoms with Gasteiger partial charge in [0.25, 0.3) is 0 Å². The van der Waals surface area contributed by atoms with Gasteiger partial charge in [-0.05, 0) is 54.2 Å². The molecule has 3 fully saturated rings. The number of rotatable bonds is 4. The Labute approximate surface area is 171 Å². The van der Waals surface area contributed by atoms with Crippen LogP contribution in [-0.4, -0.2) is 35.5 Å². The summed E-state index contributed by atoms with van der Waals surface area (Å²) in [5.41, 5.74) is 0.910. The van der Waals surface area contributed by atoms with E-state index in [1.54, 1.807) is 12.1 Å². The fourth-order valence-corrected chi connectivity index (χ4v) is 5.63. The maximum Gasteiger partial charge on any atom is 0.471 e. The number of benzene rings is 1. The highest BCUT2D eigenvalue weighted by molar-refractivity contribution is 6.07. The van der Waals surface area contributed by atoms with Crippen molar-refractivity contribution in [3.05, 3.63) is 42.0 Å². The van der Waals surface area contributed by atoms with E-state index in [2.05, 4.69) is 0 Å². The van der Waals surface area contributed by atoms with Crippen LogP contribution >= 0.6 is 0 Å². The first-order valence-electron chi connectivity index (χ1n) is 10.2. The molecule has 1 heterocycles. The summed E-state index contributed by atoms with van der Waals surface area (Å²) >= 11 is 0. The molecule has 0 unspecified atom stereocenters. The zero-order valence-electron chi connectivity index (χ0n) is 16.3.